The van der Waals surface area contributed by atoms with Gasteiger partial charge in [-0.25, -0.2) is 17.9 Å². The van der Waals surface area contributed by atoms with Gasteiger partial charge in [0.05, 0.1) is 18.5 Å². The van der Waals surface area contributed by atoms with Gasteiger partial charge in [0.2, 0.25) is 0 Å². The maximum Gasteiger partial charge on any atom is 0.194 e. The summed E-state index contributed by atoms with van der Waals surface area (Å²) in [6, 6.07) is 5.55. The maximum atomic E-state index is 13.7. The lowest BCUT2D eigenvalue weighted by atomic mass is 9.92. The summed E-state index contributed by atoms with van der Waals surface area (Å²) in [4.78, 5) is 0.864. The van der Waals surface area contributed by atoms with Crippen LogP contribution in [0.15, 0.2) is 47.8 Å². The highest BCUT2D eigenvalue weighted by Gasteiger charge is 2.48. The number of halogens is 4. The first kappa shape index (κ1) is 26.6. The van der Waals surface area contributed by atoms with Gasteiger partial charge in [0.15, 0.2) is 23.3 Å². The van der Waals surface area contributed by atoms with Gasteiger partial charge in [-0.1, -0.05) is 16.8 Å². The molecule has 10 nitrogen and oxygen atoms in total. The molecule has 0 saturated carbocycles. The first-order valence-corrected chi connectivity index (χ1v) is 12.8. The van der Waals surface area contributed by atoms with Gasteiger partial charge in [0, 0.05) is 15.5 Å². The van der Waals surface area contributed by atoms with Crippen molar-refractivity contribution >= 4 is 23.4 Å². The molecule has 0 radical (unpaired) electrons. The number of nitrogens with zero attached hydrogens (tertiary/aromatic N) is 6. The summed E-state index contributed by atoms with van der Waals surface area (Å²) in [5, 5.41) is 48.4. The molecule has 0 spiro atoms. The molecule has 0 aliphatic carbocycles. The molecular formula is C23H20ClF3N6O4S. The van der Waals surface area contributed by atoms with E-state index in [1.807, 2.05) is 12.3 Å². The molecule has 2 aromatic carbocycles. The standard InChI is InChI=1S/C23H20ClF3N6O4S/c1-38-13-5-11(24)4-12(6-13)32-9-28-30-23(32)22-21(36)19(20(35)17(8-34)37-22)33-7-16(29-31-33)10-2-14(25)18(27)15(26)3-10/h2-7,9,17,19-22,34-36H,8H2,1H3/t17-,19+,20+,21-,22-/m1/s1. The minimum atomic E-state index is -1.63. The zero-order chi connectivity index (χ0) is 27.1. The summed E-state index contributed by atoms with van der Waals surface area (Å²) in [7, 11) is 0. The summed E-state index contributed by atoms with van der Waals surface area (Å²) < 4.78 is 49.4. The van der Waals surface area contributed by atoms with Crippen molar-refractivity contribution in [2.45, 2.75) is 35.4 Å². The van der Waals surface area contributed by atoms with Gasteiger partial charge in [0.1, 0.15) is 42.5 Å². The first-order chi connectivity index (χ1) is 18.2. The van der Waals surface area contributed by atoms with Gasteiger partial charge in [0.25, 0.3) is 0 Å². The van der Waals surface area contributed by atoms with Gasteiger partial charge in [-0.15, -0.1) is 27.1 Å². The highest BCUT2D eigenvalue weighted by Crippen LogP contribution is 2.39. The number of aliphatic hydroxyl groups is 3. The van der Waals surface area contributed by atoms with Gasteiger partial charge in [-0.3, -0.25) is 4.57 Å². The summed E-state index contributed by atoms with van der Waals surface area (Å²) in [5.41, 5.74) is 0.436. The number of benzene rings is 2. The second-order valence-corrected chi connectivity index (χ2v) is 9.81. The second kappa shape index (κ2) is 10.6. The fourth-order valence-electron chi connectivity index (χ4n) is 4.33. The van der Waals surface area contributed by atoms with Crippen LogP contribution in [-0.4, -0.2) is 76.3 Å². The number of aliphatic hydroxyl groups excluding tert-OH is 3. The molecule has 0 unspecified atom stereocenters. The number of hydrogen-bond donors (Lipinski definition) is 3. The van der Waals surface area contributed by atoms with Crippen molar-refractivity contribution in [3.63, 3.8) is 0 Å². The molecule has 5 rings (SSSR count). The molecule has 1 fully saturated rings. The molecule has 1 aliphatic rings. The molecule has 1 aliphatic heterocycles. The second-order valence-electron chi connectivity index (χ2n) is 8.50. The van der Waals surface area contributed by atoms with Crippen molar-refractivity contribution in [3.8, 4) is 16.9 Å². The molecule has 1 saturated heterocycles. The monoisotopic (exact) mass is 568 g/mol. The molecule has 3 N–H and O–H groups in total. The lowest BCUT2D eigenvalue weighted by Crippen LogP contribution is -2.53. The van der Waals surface area contributed by atoms with Gasteiger partial charge in [-0.2, -0.15) is 0 Å². The minimum absolute atomic E-state index is 0.0440. The minimum Gasteiger partial charge on any atom is -0.394 e. The molecule has 15 heteroatoms. The normalized spacial score (nSPS) is 23.6. The molecular weight excluding hydrogens is 549 g/mol. The summed E-state index contributed by atoms with van der Waals surface area (Å²) in [6.07, 6.45) is -0.817. The van der Waals surface area contributed by atoms with Crippen molar-refractivity contribution < 1.29 is 33.2 Å². The van der Waals surface area contributed by atoms with E-state index in [1.165, 1.54) is 24.3 Å². The maximum absolute atomic E-state index is 13.7. The Labute approximate surface area is 222 Å². The molecule has 200 valence electrons. The Morgan fingerprint density at radius 2 is 1.79 bits per heavy atom. The smallest absolute Gasteiger partial charge is 0.194 e. The fraction of sp³-hybridized carbons (Fsp3) is 0.304. The molecule has 2 aromatic heterocycles. The predicted molar refractivity (Wildman–Crippen MR) is 129 cm³/mol. The Bertz CT molecular complexity index is 1450. The van der Waals surface area contributed by atoms with E-state index in [4.69, 9.17) is 16.3 Å². The quantitative estimate of drug-likeness (QED) is 0.237. The van der Waals surface area contributed by atoms with E-state index >= 15 is 0 Å². The molecule has 5 atom stereocenters. The number of thioether (sulfide) groups is 1. The van der Waals surface area contributed by atoms with Crippen LogP contribution >= 0.6 is 23.4 Å². The third-order valence-electron chi connectivity index (χ3n) is 6.19. The average molecular weight is 569 g/mol. The topological polar surface area (TPSA) is 131 Å². The first-order valence-electron chi connectivity index (χ1n) is 11.2. The highest BCUT2D eigenvalue weighted by atomic mass is 35.5. The van der Waals surface area contributed by atoms with Crippen molar-refractivity contribution in [2.75, 3.05) is 12.9 Å². The lowest BCUT2D eigenvalue weighted by Gasteiger charge is -2.41. The van der Waals surface area contributed by atoms with Crippen LogP contribution in [0.2, 0.25) is 5.02 Å². The third kappa shape index (κ3) is 4.79. The summed E-state index contributed by atoms with van der Waals surface area (Å²) in [6.45, 7) is -0.612. The van der Waals surface area contributed by atoms with E-state index in [0.29, 0.717) is 10.7 Å². The van der Waals surface area contributed by atoms with E-state index in [2.05, 4.69) is 20.5 Å². The lowest BCUT2D eigenvalue weighted by molar-refractivity contribution is -0.210. The molecule has 38 heavy (non-hydrogen) atoms. The Balaban J connectivity index is 1.52. The van der Waals surface area contributed by atoms with Crippen LogP contribution in [0.3, 0.4) is 0 Å². The van der Waals surface area contributed by atoms with Crippen molar-refractivity contribution in [3.05, 3.63) is 71.2 Å². The van der Waals surface area contributed by atoms with Crippen LogP contribution in [0.1, 0.15) is 18.0 Å². The van der Waals surface area contributed by atoms with Gasteiger partial charge in [-0.05, 0) is 36.6 Å². The van der Waals surface area contributed by atoms with Crippen molar-refractivity contribution in [2.24, 2.45) is 0 Å². The SMILES string of the molecule is CSc1cc(Cl)cc(-n2cnnc2[C@@H]2O[C@H](CO)[C@H](O)[C@H](n3cc(-c4cc(F)c(F)c(F)c4)nn3)[C@H]2O)c1. The fourth-order valence-corrected chi connectivity index (χ4v) is 5.11. The zero-order valence-corrected chi connectivity index (χ0v) is 21.1. The van der Waals surface area contributed by atoms with E-state index in [1.54, 1.807) is 16.7 Å². The largest absolute Gasteiger partial charge is 0.394 e. The zero-order valence-electron chi connectivity index (χ0n) is 19.5. The van der Waals surface area contributed by atoms with Crippen LogP contribution in [0.4, 0.5) is 13.2 Å². The average Bonchev–Trinajstić information content (AvgIpc) is 3.57. The number of ether oxygens (including phenoxy) is 1. The Morgan fingerprint density at radius 3 is 2.47 bits per heavy atom. The number of hydrogen-bond acceptors (Lipinski definition) is 9. The highest BCUT2D eigenvalue weighted by molar-refractivity contribution is 7.98. The molecule has 4 aromatic rings. The van der Waals surface area contributed by atoms with Crippen LogP contribution in [0, 0.1) is 17.5 Å². The van der Waals surface area contributed by atoms with E-state index in [-0.39, 0.29) is 17.1 Å². The molecule has 3 heterocycles. The Kier molecular flexibility index (Phi) is 7.44. The Morgan fingerprint density at radius 1 is 1.05 bits per heavy atom. The molecule has 0 bridgehead atoms. The van der Waals surface area contributed by atoms with Gasteiger partial charge < -0.3 is 20.1 Å². The third-order valence-corrected chi connectivity index (χ3v) is 7.11. The Hall–Kier alpha value is -3.01. The van der Waals surface area contributed by atoms with Crippen molar-refractivity contribution in [1.29, 1.82) is 0 Å². The summed E-state index contributed by atoms with van der Waals surface area (Å²) >= 11 is 7.73. The van der Waals surface area contributed by atoms with Crippen molar-refractivity contribution in [1.82, 2.24) is 29.8 Å². The van der Waals surface area contributed by atoms with Crippen LogP contribution in [0.5, 0.6) is 0 Å². The number of aromatic nitrogens is 6. The summed E-state index contributed by atoms with van der Waals surface area (Å²) in [5.74, 6) is -4.29. The van der Waals surface area contributed by atoms with E-state index < -0.39 is 54.5 Å². The van der Waals surface area contributed by atoms with Crippen LogP contribution in [-0.2, 0) is 4.74 Å². The predicted octanol–water partition coefficient (Wildman–Crippen LogP) is 2.71. The van der Waals surface area contributed by atoms with Gasteiger partial charge >= 0.3 is 0 Å². The van der Waals surface area contributed by atoms with Crippen LogP contribution in [0.25, 0.3) is 16.9 Å². The molecule has 0 amide bonds. The number of rotatable bonds is 6. The van der Waals surface area contributed by atoms with Crippen LogP contribution < -0.4 is 0 Å². The van der Waals surface area contributed by atoms with E-state index in [9.17, 15) is 28.5 Å². The van der Waals surface area contributed by atoms with E-state index in [0.717, 1.165) is 21.7 Å².